The van der Waals surface area contributed by atoms with Gasteiger partial charge in [-0.05, 0) is 13.0 Å². The van der Waals surface area contributed by atoms with E-state index < -0.39 is 6.55 Å². The van der Waals surface area contributed by atoms with Gasteiger partial charge in [0.2, 0.25) is 0 Å². The van der Waals surface area contributed by atoms with Gasteiger partial charge in [-0.3, -0.25) is 9.80 Å². The minimum absolute atomic E-state index is 0.0392. The highest BCUT2D eigenvalue weighted by atomic mass is 19.3. The molecule has 1 aliphatic rings. The average molecular weight is 291 g/mol. The Morgan fingerprint density at radius 1 is 1.29 bits per heavy atom. The summed E-state index contributed by atoms with van der Waals surface area (Å²) in [5.74, 6) is -0.0392. The number of nitrogens with zero attached hydrogens (tertiary/aromatic N) is 3. The molecule has 0 radical (unpaired) electrons. The topological polar surface area (TPSA) is 28.5 Å². The molecule has 0 saturated heterocycles. The van der Waals surface area contributed by atoms with Gasteiger partial charge < -0.3 is 4.57 Å². The molecule has 0 aliphatic carbocycles. The molecule has 0 fully saturated rings. The van der Waals surface area contributed by atoms with E-state index in [0.717, 1.165) is 15.9 Å². The number of hydrogen-bond donors (Lipinski definition) is 0. The summed E-state index contributed by atoms with van der Waals surface area (Å²) in [5, 5.41) is 3.17. The molecule has 0 unspecified atom stereocenters. The second-order valence-corrected chi connectivity index (χ2v) is 5.08. The van der Waals surface area contributed by atoms with Crippen LogP contribution in [0.1, 0.15) is 17.3 Å². The molecule has 6 heteroatoms. The zero-order valence-corrected chi connectivity index (χ0v) is 11.8. The van der Waals surface area contributed by atoms with Crippen LogP contribution >= 0.6 is 0 Å². The SMILES string of the molecule is CC(=O)c1cn(C2=CN(C(F)F)N(C)C2)c2ccccc12. The van der Waals surface area contributed by atoms with Crippen LogP contribution in [0.3, 0.4) is 0 Å². The van der Waals surface area contributed by atoms with Crippen LogP contribution in [0.4, 0.5) is 8.78 Å². The Hall–Kier alpha value is -2.21. The zero-order valence-electron chi connectivity index (χ0n) is 11.8. The first-order valence-electron chi connectivity index (χ1n) is 6.58. The van der Waals surface area contributed by atoms with Crippen molar-refractivity contribution in [2.45, 2.75) is 13.5 Å². The maximum absolute atomic E-state index is 12.9. The van der Waals surface area contributed by atoms with Gasteiger partial charge in [-0.15, -0.1) is 0 Å². The fourth-order valence-electron chi connectivity index (χ4n) is 2.65. The lowest BCUT2D eigenvalue weighted by Gasteiger charge is -2.22. The summed E-state index contributed by atoms with van der Waals surface area (Å²) >= 11 is 0. The highest BCUT2D eigenvalue weighted by Gasteiger charge is 2.27. The molecule has 0 amide bonds. The van der Waals surface area contributed by atoms with Gasteiger partial charge in [0.15, 0.2) is 5.78 Å². The van der Waals surface area contributed by atoms with Gasteiger partial charge in [-0.25, -0.2) is 5.01 Å². The quantitative estimate of drug-likeness (QED) is 0.643. The second kappa shape index (κ2) is 4.96. The molecule has 2 heterocycles. The van der Waals surface area contributed by atoms with Crippen LogP contribution < -0.4 is 0 Å². The molecule has 0 bridgehead atoms. The number of halogens is 2. The lowest BCUT2D eigenvalue weighted by atomic mass is 10.1. The highest BCUT2D eigenvalue weighted by Crippen LogP contribution is 2.28. The molecule has 2 aromatic rings. The fourth-order valence-corrected chi connectivity index (χ4v) is 2.65. The third-order valence-corrected chi connectivity index (χ3v) is 3.67. The number of benzene rings is 1. The number of hydrazine groups is 1. The average Bonchev–Trinajstić information content (AvgIpc) is 2.99. The molecule has 21 heavy (non-hydrogen) atoms. The van der Waals surface area contributed by atoms with E-state index in [9.17, 15) is 13.6 Å². The lowest BCUT2D eigenvalue weighted by molar-refractivity contribution is -0.0983. The number of ketones is 1. The molecule has 4 nitrogen and oxygen atoms in total. The van der Waals surface area contributed by atoms with Crippen molar-refractivity contribution in [3.63, 3.8) is 0 Å². The van der Waals surface area contributed by atoms with Crippen molar-refractivity contribution in [3.05, 3.63) is 42.2 Å². The van der Waals surface area contributed by atoms with Crippen molar-refractivity contribution in [1.29, 1.82) is 0 Å². The van der Waals surface area contributed by atoms with Crippen molar-refractivity contribution >= 4 is 22.4 Å². The number of likely N-dealkylation sites (N-methyl/N-ethyl adjacent to an activating group) is 1. The van der Waals surface area contributed by atoms with Gasteiger partial charge in [-0.1, -0.05) is 18.2 Å². The van der Waals surface area contributed by atoms with Gasteiger partial charge in [0.05, 0.1) is 17.8 Å². The van der Waals surface area contributed by atoms with Gasteiger partial charge in [0, 0.05) is 30.4 Å². The van der Waals surface area contributed by atoms with Crippen molar-refractivity contribution in [2.24, 2.45) is 0 Å². The van der Waals surface area contributed by atoms with E-state index in [1.165, 1.54) is 18.1 Å². The maximum Gasteiger partial charge on any atom is 0.327 e. The van der Waals surface area contributed by atoms with Crippen molar-refractivity contribution in [2.75, 3.05) is 13.6 Å². The first-order chi connectivity index (χ1) is 9.99. The molecular weight excluding hydrogens is 276 g/mol. The number of para-hydroxylation sites is 1. The van der Waals surface area contributed by atoms with Crippen LogP contribution in [0, 0.1) is 0 Å². The van der Waals surface area contributed by atoms with Crippen LogP contribution in [0.15, 0.2) is 36.7 Å². The first kappa shape index (κ1) is 13.8. The molecule has 1 aromatic heterocycles. The smallest absolute Gasteiger partial charge is 0.317 e. The Labute approximate surface area is 120 Å². The van der Waals surface area contributed by atoms with Crippen LogP contribution in [0.25, 0.3) is 16.6 Å². The number of carbonyl (C=O) groups excluding carboxylic acids is 1. The van der Waals surface area contributed by atoms with E-state index in [4.69, 9.17) is 0 Å². The first-order valence-corrected chi connectivity index (χ1v) is 6.58. The van der Waals surface area contributed by atoms with Crippen LogP contribution in [-0.4, -0.2) is 40.5 Å². The molecule has 110 valence electrons. The molecule has 0 N–H and O–H groups in total. The van der Waals surface area contributed by atoms with Crippen LogP contribution in [0.5, 0.6) is 0 Å². The Morgan fingerprint density at radius 2 is 2.00 bits per heavy atom. The molecule has 1 aliphatic heterocycles. The number of carbonyl (C=O) groups is 1. The molecule has 1 aromatic carbocycles. The highest BCUT2D eigenvalue weighted by molar-refractivity contribution is 6.07. The van der Waals surface area contributed by atoms with Gasteiger partial charge in [-0.2, -0.15) is 8.78 Å². The van der Waals surface area contributed by atoms with Crippen molar-refractivity contribution < 1.29 is 13.6 Å². The summed E-state index contributed by atoms with van der Waals surface area (Å²) in [6.45, 7) is -0.714. The summed E-state index contributed by atoms with van der Waals surface area (Å²) in [5.41, 5.74) is 2.16. The molecule has 0 saturated carbocycles. The predicted octanol–water partition coefficient (Wildman–Crippen LogP) is 3.03. The van der Waals surface area contributed by atoms with E-state index in [-0.39, 0.29) is 5.78 Å². The van der Waals surface area contributed by atoms with Crippen LogP contribution in [-0.2, 0) is 0 Å². The molecule has 0 atom stereocenters. The Morgan fingerprint density at radius 3 is 2.62 bits per heavy atom. The predicted molar refractivity (Wildman–Crippen MR) is 76.7 cm³/mol. The summed E-state index contributed by atoms with van der Waals surface area (Å²) in [7, 11) is 1.60. The van der Waals surface area contributed by atoms with Gasteiger partial charge in [0.25, 0.3) is 0 Å². The standard InChI is InChI=1S/C15H15F2N3O/c1-10(21)13-9-19(14-6-4-3-5-12(13)14)11-7-18(2)20(8-11)15(16)17/h3-6,8-9,15H,7H2,1-2H3. The van der Waals surface area contributed by atoms with E-state index in [0.29, 0.717) is 17.8 Å². The second-order valence-electron chi connectivity index (χ2n) is 5.08. The minimum atomic E-state index is -2.58. The maximum atomic E-state index is 12.9. The summed E-state index contributed by atoms with van der Waals surface area (Å²) < 4.78 is 27.6. The number of Topliss-reactive ketones (excluding diaryl/α,β-unsaturated/α-hetero) is 1. The fraction of sp³-hybridized carbons (Fsp3) is 0.267. The minimum Gasteiger partial charge on any atom is -0.317 e. The third kappa shape index (κ3) is 2.21. The monoisotopic (exact) mass is 291 g/mol. The van der Waals surface area contributed by atoms with Crippen LogP contribution in [0.2, 0.25) is 0 Å². The number of alkyl halides is 2. The van der Waals surface area contributed by atoms with Crippen molar-refractivity contribution in [3.8, 4) is 0 Å². The largest absolute Gasteiger partial charge is 0.327 e. The number of rotatable bonds is 3. The summed E-state index contributed by atoms with van der Waals surface area (Å²) in [6.07, 6.45) is 3.14. The Balaban J connectivity index is 2.14. The van der Waals surface area contributed by atoms with Crippen molar-refractivity contribution in [1.82, 2.24) is 14.6 Å². The molecule has 3 rings (SSSR count). The Kier molecular flexibility index (Phi) is 3.25. The van der Waals surface area contributed by atoms with E-state index >= 15 is 0 Å². The number of aromatic nitrogens is 1. The molecular formula is C15H15F2N3O. The van der Waals surface area contributed by atoms with Gasteiger partial charge >= 0.3 is 6.55 Å². The van der Waals surface area contributed by atoms with E-state index in [1.807, 2.05) is 28.8 Å². The summed E-state index contributed by atoms with van der Waals surface area (Å²) in [6, 6.07) is 7.48. The van der Waals surface area contributed by atoms with Gasteiger partial charge in [0.1, 0.15) is 0 Å². The molecule has 0 spiro atoms. The van der Waals surface area contributed by atoms with E-state index in [1.54, 1.807) is 13.2 Å². The normalized spacial score (nSPS) is 16.0. The number of fused-ring (bicyclic) bond motifs is 1. The zero-order chi connectivity index (χ0) is 15.1. The van der Waals surface area contributed by atoms with E-state index in [2.05, 4.69) is 0 Å². The third-order valence-electron chi connectivity index (χ3n) is 3.67. The Bertz CT molecular complexity index is 736. The summed E-state index contributed by atoms with van der Waals surface area (Å²) in [4.78, 5) is 11.8. The number of hydrogen-bond acceptors (Lipinski definition) is 3. The lowest BCUT2D eigenvalue weighted by Crippen LogP contribution is -2.35.